The van der Waals surface area contributed by atoms with Crippen LogP contribution in [0.4, 0.5) is 21.0 Å². The van der Waals surface area contributed by atoms with Crippen LogP contribution in [0.15, 0.2) is 63.5 Å². The summed E-state index contributed by atoms with van der Waals surface area (Å²) in [6, 6.07) is 10.3. The Kier molecular flexibility index (Phi) is 5.92. The first-order chi connectivity index (χ1) is 17.3. The largest absolute Gasteiger partial charge is 0.382 e. The lowest BCUT2D eigenvalue weighted by molar-refractivity contribution is -0.120. The summed E-state index contributed by atoms with van der Waals surface area (Å²) in [6.07, 6.45) is 2.87. The molecule has 12 nitrogen and oxygen atoms in total. The molecular weight excluding hydrogens is 530 g/mol. The number of carbonyl (C=O) groups is 3. The lowest BCUT2D eigenvalue weighted by Crippen LogP contribution is -2.47. The highest BCUT2D eigenvalue weighted by molar-refractivity contribution is 9.10. The molecular formula is C23H22BrN9O3. The van der Waals surface area contributed by atoms with E-state index in [9.17, 15) is 14.4 Å². The van der Waals surface area contributed by atoms with E-state index in [2.05, 4.69) is 36.9 Å². The number of benzene rings is 2. The van der Waals surface area contributed by atoms with E-state index in [0.29, 0.717) is 38.7 Å². The van der Waals surface area contributed by atoms with Crippen LogP contribution in [0.25, 0.3) is 10.9 Å². The van der Waals surface area contributed by atoms with E-state index in [0.717, 1.165) is 6.42 Å². The van der Waals surface area contributed by atoms with Crippen LogP contribution in [-0.4, -0.2) is 45.4 Å². The van der Waals surface area contributed by atoms with Gasteiger partial charge in [0.15, 0.2) is 5.84 Å². The zero-order chi connectivity index (χ0) is 25.6. The van der Waals surface area contributed by atoms with Crippen LogP contribution in [-0.2, 0) is 4.79 Å². The molecule has 1 aliphatic heterocycles. The van der Waals surface area contributed by atoms with Crippen LogP contribution >= 0.6 is 15.9 Å². The van der Waals surface area contributed by atoms with Gasteiger partial charge in [-0.05, 0) is 43.0 Å². The van der Waals surface area contributed by atoms with Crippen molar-refractivity contribution in [1.29, 1.82) is 5.53 Å². The van der Waals surface area contributed by atoms with Crippen molar-refractivity contribution in [2.45, 2.75) is 24.9 Å². The lowest BCUT2D eigenvalue weighted by atomic mass is 10.1. The number of nitrogens with zero attached hydrogens (tertiary/aromatic N) is 4. The first kappa shape index (κ1) is 23.5. The minimum atomic E-state index is -0.671. The fourth-order valence-corrected chi connectivity index (χ4v) is 5.26. The molecule has 1 aliphatic carbocycles. The van der Waals surface area contributed by atoms with E-state index in [1.165, 1.54) is 10.8 Å². The number of aromatic nitrogens is 1. The standard InChI is InChI=1S/C23H22BrN9O3/c24-13-5-12(20(25)30-31-27)6-14(9-13)28-21(34)19-8-11-7-18(11)33(19)23(36)29-16-10-32(22(26)35)17-4-2-1-3-15(16)17/h1-6,9-11,18-19H,7-8H2,(H2,26,35)(H,28,34)(H,29,36)(H3,25,27,30). The maximum absolute atomic E-state index is 13.4. The maximum Gasteiger partial charge on any atom is 0.323 e. The van der Waals surface area contributed by atoms with Gasteiger partial charge in [0.25, 0.3) is 0 Å². The van der Waals surface area contributed by atoms with E-state index in [1.54, 1.807) is 47.4 Å². The van der Waals surface area contributed by atoms with Gasteiger partial charge in [-0.2, -0.15) is 5.53 Å². The maximum atomic E-state index is 13.4. The van der Waals surface area contributed by atoms with Crippen LogP contribution in [0.1, 0.15) is 18.4 Å². The normalized spacial score (nSPS) is 20.6. The number of urea groups is 1. The molecule has 3 unspecified atom stereocenters. The van der Waals surface area contributed by atoms with E-state index in [1.807, 2.05) is 0 Å². The zero-order valence-corrected chi connectivity index (χ0v) is 20.4. The van der Waals surface area contributed by atoms with Crippen molar-refractivity contribution in [3.8, 4) is 0 Å². The molecule has 2 heterocycles. The summed E-state index contributed by atoms with van der Waals surface area (Å²) in [5.74, 6) is -0.0420. The predicted molar refractivity (Wildman–Crippen MR) is 137 cm³/mol. The highest BCUT2D eigenvalue weighted by atomic mass is 79.9. The molecule has 4 amide bonds. The first-order valence-corrected chi connectivity index (χ1v) is 11.9. The Labute approximate surface area is 213 Å². The minimum absolute atomic E-state index is 0.0234. The highest BCUT2D eigenvalue weighted by Gasteiger charge is 2.56. The van der Waals surface area contributed by atoms with Gasteiger partial charge in [-0.1, -0.05) is 39.4 Å². The number of primary amides is 1. The van der Waals surface area contributed by atoms with Gasteiger partial charge in [-0.25, -0.2) is 9.59 Å². The number of carbonyl (C=O) groups excluding carboxylic acids is 3. The van der Waals surface area contributed by atoms with Crippen molar-refractivity contribution in [2.75, 3.05) is 10.6 Å². The Morgan fingerprint density at radius 2 is 1.86 bits per heavy atom. The van der Waals surface area contributed by atoms with Crippen LogP contribution in [0.5, 0.6) is 0 Å². The third kappa shape index (κ3) is 4.28. The summed E-state index contributed by atoms with van der Waals surface area (Å²) in [7, 11) is 0. The summed E-state index contributed by atoms with van der Waals surface area (Å²) in [6.45, 7) is 0. The van der Waals surface area contributed by atoms with Crippen molar-refractivity contribution in [3.63, 3.8) is 0 Å². The Bertz CT molecular complexity index is 1450. The summed E-state index contributed by atoms with van der Waals surface area (Å²) in [5, 5.41) is 12.8. The fourth-order valence-electron chi connectivity index (χ4n) is 4.77. The molecule has 1 saturated heterocycles. The average molecular weight is 552 g/mol. The van der Waals surface area contributed by atoms with Crippen molar-refractivity contribution in [3.05, 3.63) is 58.7 Å². The number of hydrogen-bond donors (Lipinski definition) is 5. The second-order valence-electron chi connectivity index (χ2n) is 8.72. The molecule has 1 aromatic heterocycles. The van der Waals surface area contributed by atoms with Gasteiger partial charge in [0.1, 0.15) is 6.04 Å². The van der Waals surface area contributed by atoms with Crippen LogP contribution in [0, 0.1) is 11.4 Å². The molecule has 0 radical (unpaired) electrons. The smallest absolute Gasteiger partial charge is 0.323 e. The molecule has 0 bridgehead atoms. The number of amidine groups is 1. The van der Waals surface area contributed by atoms with E-state index in [-0.39, 0.29) is 23.7 Å². The molecule has 2 aliphatic rings. The van der Waals surface area contributed by atoms with Gasteiger partial charge in [-0.3, -0.25) is 9.36 Å². The summed E-state index contributed by atoms with van der Waals surface area (Å²) < 4.78 is 1.92. The number of amides is 4. The zero-order valence-electron chi connectivity index (χ0n) is 18.8. The van der Waals surface area contributed by atoms with E-state index in [4.69, 9.17) is 17.0 Å². The van der Waals surface area contributed by atoms with E-state index < -0.39 is 18.1 Å². The van der Waals surface area contributed by atoms with Crippen LogP contribution in [0.2, 0.25) is 0 Å². The Balaban J connectivity index is 1.37. The summed E-state index contributed by atoms with van der Waals surface area (Å²) in [5.41, 5.74) is 20.1. The molecule has 3 atom stereocenters. The van der Waals surface area contributed by atoms with Gasteiger partial charge >= 0.3 is 12.1 Å². The molecule has 2 fully saturated rings. The van der Waals surface area contributed by atoms with Crippen molar-refractivity contribution in [2.24, 2.45) is 27.7 Å². The lowest BCUT2D eigenvalue weighted by Gasteiger charge is -2.27. The molecule has 36 heavy (non-hydrogen) atoms. The fraction of sp³-hybridized carbons (Fsp3) is 0.217. The Hall–Kier alpha value is -4.26. The highest BCUT2D eigenvalue weighted by Crippen LogP contribution is 2.48. The number of nitrogens with one attached hydrogen (secondary N) is 3. The monoisotopic (exact) mass is 551 g/mol. The Morgan fingerprint density at radius 1 is 1.08 bits per heavy atom. The number of anilines is 2. The number of likely N-dealkylation sites (tertiary alicyclic amines) is 1. The molecule has 13 heteroatoms. The number of nitrogens with two attached hydrogens (primary N) is 2. The summed E-state index contributed by atoms with van der Waals surface area (Å²) >= 11 is 3.38. The minimum Gasteiger partial charge on any atom is -0.382 e. The average Bonchev–Trinajstić information content (AvgIpc) is 3.34. The van der Waals surface area contributed by atoms with Crippen molar-refractivity contribution >= 4 is 62.0 Å². The first-order valence-electron chi connectivity index (χ1n) is 11.1. The quantitative estimate of drug-likeness (QED) is 0.140. The molecule has 2 aromatic carbocycles. The van der Waals surface area contributed by atoms with Crippen molar-refractivity contribution < 1.29 is 14.4 Å². The molecule has 5 rings (SSSR count). The van der Waals surface area contributed by atoms with Gasteiger partial charge in [0.05, 0.1) is 11.2 Å². The van der Waals surface area contributed by atoms with Gasteiger partial charge in [0.2, 0.25) is 5.91 Å². The van der Waals surface area contributed by atoms with Crippen LogP contribution in [0.3, 0.4) is 0 Å². The number of rotatable bonds is 5. The third-order valence-electron chi connectivity index (χ3n) is 6.45. The van der Waals surface area contributed by atoms with Crippen LogP contribution < -0.4 is 22.1 Å². The second-order valence-corrected chi connectivity index (χ2v) is 9.64. The van der Waals surface area contributed by atoms with E-state index >= 15 is 0 Å². The van der Waals surface area contributed by atoms with Gasteiger partial charge in [0, 0.05) is 33.3 Å². The number of hydrogen-bond acceptors (Lipinski definition) is 5. The topological polar surface area (TPSA) is 184 Å². The number of para-hydroxylation sites is 1. The number of piperidine rings is 1. The molecule has 1 saturated carbocycles. The Morgan fingerprint density at radius 3 is 2.61 bits per heavy atom. The molecule has 3 aromatic rings. The number of fused-ring (bicyclic) bond motifs is 2. The third-order valence-corrected chi connectivity index (χ3v) is 6.91. The second kappa shape index (κ2) is 9.07. The SMILES string of the molecule is N=NN=C(N)c1cc(Br)cc(NC(=O)C2CC3CC3N2C(=O)Nc2cn(C(N)=O)c3ccccc23)c1. The number of halogens is 1. The predicted octanol–water partition coefficient (Wildman–Crippen LogP) is 3.62. The molecule has 0 spiro atoms. The van der Waals surface area contributed by atoms with Gasteiger partial charge in [-0.15, -0.1) is 5.10 Å². The van der Waals surface area contributed by atoms with Crippen molar-refractivity contribution in [1.82, 2.24) is 9.47 Å². The summed E-state index contributed by atoms with van der Waals surface area (Å²) in [4.78, 5) is 40.0. The molecule has 184 valence electrons. The van der Waals surface area contributed by atoms with Gasteiger partial charge < -0.3 is 27.0 Å². The molecule has 7 N–H and O–H groups in total.